The van der Waals surface area contributed by atoms with E-state index in [1.54, 1.807) is 23.5 Å². The number of hydrogen-bond donors (Lipinski definition) is 0. The van der Waals surface area contributed by atoms with E-state index in [9.17, 15) is 4.39 Å². The molecule has 1 heterocycles. The molecule has 0 aliphatic heterocycles. The largest absolute Gasteiger partial charge is 0.241 e. The summed E-state index contributed by atoms with van der Waals surface area (Å²) in [5.41, 5.74) is 1.92. The Morgan fingerprint density at radius 2 is 1.84 bits per heavy atom. The smallest absolute Gasteiger partial charge is 0.123 e. The highest BCUT2D eigenvalue weighted by atomic mass is 35.5. The van der Waals surface area contributed by atoms with Gasteiger partial charge in [0.1, 0.15) is 5.82 Å². The van der Waals surface area contributed by atoms with Gasteiger partial charge in [-0.15, -0.1) is 22.9 Å². The molecule has 1 nitrogen and oxygen atoms in total. The molecule has 1 unspecified atom stereocenters. The van der Waals surface area contributed by atoms with Gasteiger partial charge >= 0.3 is 0 Å². The van der Waals surface area contributed by atoms with Crippen LogP contribution in [-0.4, -0.2) is 4.98 Å². The number of para-hydroxylation sites is 1. The van der Waals surface area contributed by atoms with Crippen LogP contribution in [0.5, 0.6) is 0 Å². The summed E-state index contributed by atoms with van der Waals surface area (Å²) >= 11 is 8.02. The molecule has 96 valence electrons. The maximum atomic E-state index is 12.9. The van der Waals surface area contributed by atoms with E-state index in [0.717, 1.165) is 16.1 Å². The van der Waals surface area contributed by atoms with E-state index in [4.69, 9.17) is 11.6 Å². The highest BCUT2D eigenvalue weighted by Gasteiger charge is 2.12. The average molecular weight is 292 g/mol. The van der Waals surface area contributed by atoms with Gasteiger partial charge in [-0.25, -0.2) is 9.37 Å². The lowest BCUT2D eigenvalue weighted by Gasteiger charge is -2.07. The summed E-state index contributed by atoms with van der Waals surface area (Å²) in [5, 5.41) is 0.826. The molecule has 0 amide bonds. The monoisotopic (exact) mass is 291 g/mol. The Kier molecular flexibility index (Phi) is 3.49. The summed E-state index contributed by atoms with van der Waals surface area (Å²) < 4.78 is 14.0. The molecule has 0 saturated carbocycles. The number of thiazole rings is 1. The van der Waals surface area contributed by atoms with Gasteiger partial charge in [0.05, 0.1) is 20.6 Å². The van der Waals surface area contributed by atoms with Crippen LogP contribution in [0.15, 0.2) is 48.5 Å². The summed E-state index contributed by atoms with van der Waals surface area (Å²) in [7, 11) is 0. The molecular weight excluding hydrogens is 281 g/mol. The molecular formula is C15H11ClFNS. The van der Waals surface area contributed by atoms with Crippen LogP contribution in [0, 0.1) is 5.82 Å². The molecule has 2 aromatic carbocycles. The first-order valence-corrected chi connectivity index (χ1v) is 7.21. The summed E-state index contributed by atoms with van der Waals surface area (Å²) in [4.78, 5) is 4.56. The Balaban J connectivity index is 1.82. The fourth-order valence-electron chi connectivity index (χ4n) is 1.95. The average Bonchev–Trinajstić information content (AvgIpc) is 2.81. The van der Waals surface area contributed by atoms with E-state index in [-0.39, 0.29) is 11.2 Å². The summed E-state index contributed by atoms with van der Waals surface area (Å²) in [6.07, 6.45) is 0.659. The topological polar surface area (TPSA) is 12.9 Å². The molecule has 0 spiro atoms. The van der Waals surface area contributed by atoms with E-state index in [1.807, 2.05) is 18.2 Å². The van der Waals surface area contributed by atoms with E-state index in [1.165, 1.54) is 16.8 Å². The molecule has 0 N–H and O–H groups in total. The van der Waals surface area contributed by atoms with Crippen molar-refractivity contribution in [2.24, 2.45) is 0 Å². The zero-order chi connectivity index (χ0) is 13.2. The SMILES string of the molecule is Fc1ccc(C(Cl)Cc2nc3ccccc3s2)cc1. The second-order valence-electron chi connectivity index (χ2n) is 4.30. The molecule has 3 rings (SSSR count). The highest BCUT2D eigenvalue weighted by Crippen LogP contribution is 2.29. The van der Waals surface area contributed by atoms with Crippen molar-refractivity contribution in [3.8, 4) is 0 Å². The lowest BCUT2D eigenvalue weighted by molar-refractivity contribution is 0.626. The van der Waals surface area contributed by atoms with Crippen molar-refractivity contribution in [1.29, 1.82) is 0 Å². The third kappa shape index (κ3) is 2.77. The van der Waals surface area contributed by atoms with Crippen LogP contribution in [0.3, 0.4) is 0 Å². The van der Waals surface area contributed by atoms with Crippen molar-refractivity contribution in [3.05, 3.63) is 64.9 Å². The maximum Gasteiger partial charge on any atom is 0.123 e. The molecule has 0 aliphatic carbocycles. The number of fused-ring (bicyclic) bond motifs is 1. The van der Waals surface area contributed by atoms with Crippen LogP contribution in [0.25, 0.3) is 10.2 Å². The van der Waals surface area contributed by atoms with Crippen LogP contribution in [0.4, 0.5) is 4.39 Å². The van der Waals surface area contributed by atoms with E-state index >= 15 is 0 Å². The number of aromatic nitrogens is 1. The number of nitrogens with zero attached hydrogens (tertiary/aromatic N) is 1. The first-order valence-electron chi connectivity index (χ1n) is 5.96. The van der Waals surface area contributed by atoms with Crippen molar-refractivity contribution in [3.63, 3.8) is 0 Å². The van der Waals surface area contributed by atoms with Gasteiger partial charge < -0.3 is 0 Å². The summed E-state index contributed by atoms with van der Waals surface area (Å²) in [6.45, 7) is 0. The number of halogens is 2. The second kappa shape index (κ2) is 5.27. The molecule has 4 heteroatoms. The van der Waals surface area contributed by atoms with Gasteiger partial charge in [0.25, 0.3) is 0 Å². The number of hydrogen-bond acceptors (Lipinski definition) is 2. The molecule has 1 atom stereocenters. The molecule has 0 aliphatic rings. The van der Waals surface area contributed by atoms with Crippen LogP contribution in [-0.2, 0) is 6.42 Å². The van der Waals surface area contributed by atoms with Gasteiger partial charge in [0.15, 0.2) is 0 Å². The molecule has 19 heavy (non-hydrogen) atoms. The highest BCUT2D eigenvalue weighted by molar-refractivity contribution is 7.18. The van der Waals surface area contributed by atoms with Crippen LogP contribution < -0.4 is 0 Å². The van der Waals surface area contributed by atoms with E-state index in [0.29, 0.717) is 6.42 Å². The standard InChI is InChI=1S/C15H11ClFNS/c16-12(10-5-7-11(17)8-6-10)9-15-18-13-3-1-2-4-14(13)19-15/h1-8,12H,9H2. The predicted octanol–water partition coefficient (Wildman–Crippen LogP) is 4.96. The Bertz CT molecular complexity index is 660. The fourth-order valence-corrected chi connectivity index (χ4v) is 3.35. The predicted molar refractivity (Wildman–Crippen MR) is 78.3 cm³/mol. The third-order valence-corrected chi connectivity index (χ3v) is 4.39. The molecule has 1 aromatic heterocycles. The van der Waals surface area contributed by atoms with Crippen molar-refractivity contribution in [2.45, 2.75) is 11.8 Å². The fraction of sp³-hybridized carbons (Fsp3) is 0.133. The van der Waals surface area contributed by atoms with Gasteiger partial charge in [-0.2, -0.15) is 0 Å². The maximum absolute atomic E-state index is 12.9. The summed E-state index contributed by atoms with van der Waals surface area (Å²) in [6, 6.07) is 14.3. The molecule has 0 fully saturated rings. The molecule has 0 saturated heterocycles. The lowest BCUT2D eigenvalue weighted by atomic mass is 10.1. The Labute approximate surface area is 119 Å². The number of benzene rings is 2. The summed E-state index contributed by atoms with van der Waals surface area (Å²) in [5.74, 6) is -0.243. The van der Waals surface area contributed by atoms with Crippen LogP contribution in [0.1, 0.15) is 15.9 Å². The first kappa shape index (κ1) is 12.6. The quantitative estimate of drug-likeness (QED) is 0.622. The van der Waals surface area contributed by atoms with E-state index in [2.05, 4.69) is 11.1 Å². The lowest BCUT2D eigenvalue weighted by Crippen LogP contribution is -1.95. The van der Waals surface area contributed by atoms with Crippen molar-refractivity contribution >= 4 is 33.2 Å². The van der Waals surface area contributed by atoms with Crippen LogP contribution >= 0.6 is 22.9 Å². The van der Waals surface area contributed by atoms with Gasteiger partial charge in [0.2, 0.25) is 0 Å². The molecule has 0 radical (unpaired) electrons. The van der Waals surface area contributed by atoms with Crippen molar-refractivity contribution in [1.82, 2.24) is 4.98 Å². The van der Waals surface area contributed by atoms with Gasteiger partial charge in [-0.3, -0.25) is 0 Å². The number of alkyl halides is 1. The minimum absolute atomic E-state index is 0.179. The molecule has 3 aromatic rings. The third-order valence-electron chi connectivity index (χ3n) is 2.92. The Morgan fingerprint density at radius 3 is 2.58 bits per heavy atom. The first-order chi connectivity index (χ1) is 9.22. The molecule has 0 bridgehead atoms. The van der Waals surface area contributed by atoms with Crippen molar-refractivity contribution < 1.29 is 4.39 Å². The minimum Gasteiger partial charge on any atom is -0.241 e. The van der Waals surface area contributed by atoms with Crippen LogP contribution in [0.2, 0.25) is 0 Å². The minimum atomic E-state index is -0.243. The van der Waals surface area contributed by atoms with Crippen molar-refractivity contribution in [2.75, 3.05) is 0 Å². The Morgan fingerprint density at radius 1 is 1.11 bits per heavy atom. The van der Waals surface area contributed by atoms with Gasteiger partial charge in [-0.1, -0.05) is 24.3 Å². The normalized spacial score (nSPS) is 12.7. The van der Waals surface area contributed by atoms with Gasteiger partial charge in [0, 0.05) is 6.42 Å². The van der Waals surface area contributed by atoms with E-state index < -0.39 is 0 Å². The zero-order valence-electron chi connectivity index (χ0n) is 10.0. The Hall–Kier alpha value is -1.45. The second-order valence-corrected chi connectivity index (χ2v) is 5.94. The number of rotatable bonds is 3. The zero-order valence-corrected chi connectivity index (χ0v) is 11.6. The van der Waals surface area contributed by atoms with Gasteiger partial charge in [-0.05, 0) is 29.8 Å².